The van der Waals surface area contributed by atoms with Gasteiger partial charge in [-0.3, -0.25) is 4.57 Å². The molecule has 0 aromatic carbocycles. The molecule has 0 heterocycles. The summed E-state index contributed by atoms with van der Waals surface area (Å²) < 4.78 is 10.7. The van der Waals surface area contributed by atoms with Crippen molar-refractivity contribution in [3.8, 4) is 0 Å². The average Bonchev–Trinajstić information content (AvgIpc) is 2.33. The van der Waals surface area contributed by atoms with Gasteiger partial charge in [-0.15, -0.1) is 0 Å². The molecule has 0 saturated carbocycles. The molecule has 0 radical (unpaired) electrons. The zero-order chi connectivity index (χ0) is 16.3. The van der Waals surface area contributed by atoms with E-state index in [0.717, 1.165) is 25.7 Å². The highest BCUT2D eigenvalue weighted by Crippen LogP contribution is 2.31. The Morgan fingerprint density at radius 2 is 1.48 bits per heavy atom. The maximum absolute atomic E-state index is 10.7. The molecule has 0 aliphatic heterocycles. The summed E-state index contributed by atoms with van der Waals surface area (Å²) in [6, 6.07) is 0. The minimum atomic E-state index is -3.93. The molecule has 122 valence electrons. The number of hydrogen-bond acceptors (Lipinski definition) is 2. The molecule has 4 nitrogen and oxygen atoms in total. The molecule has 5 heteroatoms. The van der Waals surface area contributed by atoms with E-state index >= 15 is 0 Å². The molecule has 0 aliphatic rings. The molecular weight excluding hydrogens is 285 g/mol. The Morgan fingerprint density at radius 3 is 2.00 bits per heavy atom. The molecule has 21 heavy (non-hydrogen) atoms. The first-order valence-electron chi connectivity index (χ1n) is 7.40. The summed E-state index contributed by atoms with van der Waals surface area (Å²) >= 11 is 0. The largest absolute Gasteiger partial charge is 0.339 e. The first kappa shape index (κ1) is 20.3. The Balaban J connectivity index is 3.88. The third-order valence-electron chi connectivity index (χ3n) is 3.04. The van der Waals surface area contributed by atoms with Crippen molar-refractivity contribution < 1.29 is 14.4 Å². The fraction of sp³-hybridized carbons (Fsp3) is 0.625. The SMILES string of the molecule is CC(C)=CCC/C(C)=C/CC/C(C)=C/CNCP(=O)(O)O. The Hall–Kier alpha value is -0.670. The molecule has 0 amide bonds. The second kappa shape index (κ2) is 11.0. The summed E-state index contributed by atoms with van der Waals surface area (Å²) in [7, 11) is -3.93. The van der Waals surface area contributed by atoms with Gasteiger partial charge in [0.25, 0.3) is 0 Å². The summed E-state index contributed by atoms with van der Waals surface area (Å²) in [6.07, 6.45) is 10.5. The van der Waals surface area contributed by atoms with Crippen LogP contribution in [0.5, 0.6) is 0 Å². The lowest BCUT2D eigenvalue weighted by Gasteiger charge is -2.05. The average molecular weight is 315 g/mol. The molecule has 3 N–H and O–H groups in total. The van der Waals surface area contributed by atoms with Gasteiger partial charge in [-0.05, 0) is 53.4 Å². The van der Waals surface area contributed by atoms with Crippen LogP contribution in [0.15, 0.2) is 34.9 Å². The van der Waals surface area contributed by atoms with Crippen LogP contribution >= 0.6 is 7.60 Å². The van der Waals surface area contributed by atoms with Crippen molar-refractivity contribution in [3.05, 3.63) is 34.9 Å². The van der Waals surface area contributed by atoms with Crippen LogP contribution in [0.2, 0.25) is 0 Å². The predicted octanol–water partition coefficient (Wildman–Crippen LogP) is 4.13. The van der Waals surface area contributed by atoms with Crippen LogP contribution in [0.25, 0.3) is 0 Å². The van der Waals surface area contributed by atoms with E-state index in [1.165, 1.54) is 16.7 Å². The zero-order valence-corrected chi connectivity index (χ0v) is 14.6. The lowest BCUT2D eigenvalue weighted by molar-refractivity contribution is 0.369. The van der Waals surface area contributed by atoms with Crippen LogP contribution < -0.4 is 5.32 Å². The van der Waals surface area contributed by atoms with Crippen molar-refractivity contribution in [2.24, 2.45) is 0 Å². The number of allylic oxidation sites excluding steroid dienone is 5. The minimum absolute atomic E-state index is 0.264. The first-order chi connectivity index (χ1) is 9.70. The van der Waals surface area contributed by atoms with Gasteiger partial charge in [-0.1, -0.05) is 34.9 Å². The predicted molar refractivity (Wildman–Crippen MR) is 90.3 cm³/mol. The van der Waals surface area contributed by atoms with Crippen LogP contribution in [0.4, 0.5) is 0 Å². The van der Waals surface area contributed by atoms with Crippen molar-refractivity contribution >= 4 is 7.60 Å². The summed E-state index contributed by atoms with van der Waals surface area (Å²) in [5.41, 5.74) is 4.02. The maximum Gasteiger partial charge on any atom is 0.339 e. The van der Waals surface area contributed by atoms with Crippen LogP contribution in [0.1, 0.15) is 53.4 Å². The van der Waals surface area contributed by atoms with Gasteiger partial charge in [0.2, 0.25) is 0 Å². The van der Waals surface area contributed by atoms with E-state index in [9.17, 15) is 4.57 Å². The van der Waals surface area contributed by atoms with E-state index < -0.39 is 7.60 Å². The molecule has 0 bridgehead atoms. The van der Waals surface area contributed by atoms with Crippen LogP contribution in [0.3, 0.4) is 0 Å². The summed E-state index contributed by atoms with van der Waals surface area (Å²) in [5, 5.41) is 2.73. The van der Waals surface area contributed by atoms with Crippen molar-refractivity contribution in [1.82, 2.24) is 5.32 Å². The molecule has 0 aliphatic carbocycles. The highest BCUT2D eigenvalue weighted by atomic mass is 31.2. The second-order valence-electron chi connectivity index (χ2n) is 5.74. The quantitative estimate of drug-likeness (QED) is 0.322. The topological polar surface area (TPSA) is 69.6 Å². The van der Waals surface area contributed by atoms with Crippen LogP contribution in [-0.4, -0.2) is 22.6 Å². The van der Waals surface area contributed by atoms with E-state index in [4.69, 9.17) is 9.79 Å². The van der Waals surface area contributed by atoms with Gasteiger partial charge >= 0.3 is 7.60 Å². The summed E-state index contributed by atoms with van der Waals surface area (Å²) in [4.78, 5) is 17.4. The fourth-order valence-corrected chi connectivity index (χ4v) is 2.22. The van der Waals surface area contributed by atoms with Crippen molar-refractivity contribution in [2.75, 3.05) is 12.8 Å². The van der Waals surface area contributed by atoms with E-state index in [2.05, 4.69) is 38.2 Å². The van der Waals surface area contributed by atoms with E-state index in [1.807, 2.05) is 13.0 Å². The smallest absolute Gasteiger partial charge is 0.324 e. The van der Waals surface area contributed by atoms with Gasteiger partial charge < -0.3 is 15.1 Å². The molecule has 0 aromatic heterocycles. The number of rotatable bonds is 10. The number of hydrogen-bond donors (Lipinski definition) is 3. The highest BCUT2D eigenvalue weighted by molar-refractivity contribution is 7.51. The molecule has 0 spiro atoms. The standard InChI is InChI=1S/C16H30NO3P/c1-14(2)7-5-8-15(3)9-6-10-16(4)11-12-17-13-21(18,19)20/h7,9,11,17H,5-6,8,10,12-13H2,1-4H3,(H2,18,19,20)/b15-9+,16-11+. The molecule has 0 atom stereocenters. The molecule has 0 aromatic rings. The van der Waals surface area contributed by atoms with Crippen LogP contribution in [0, 0.1) is 0 Å². The third-order valence-corrected chi connectivity index (χ3v) is 3.67. The fourth-order valence-electron chi connectivity index (χ4n) is 1.80. The van der Waals surface area contributed by atoms with Gasteiger partial charge in [0.05, 0.1) is 6.29 Å². The summed E-state index contributed by atoms with van der Waals surface area (Å²) in [6.45, 7) is 8.95. The number of nitrogens with one attached hydrogen (secondary N) is 1. The first-order valence-corrected chi connectivity index (χ1v) is 9.20. The van der Waals surface area contributed by atoms with Gasteiger partial charge in [0.15, 0.2) is 0 Å². The van der Waals surface area contributed by atoms with Gasteiger partial charge in [-0.2, -0.15) is 0 Å². The summed E-state index contributed by atoms with van der Waals surface area (Å²) in [5.74, 6) is 0. The lowest BCUT2D eigenvalue weighted by atomic mass is 10.1. The van der Waals surface area contributed by atoms with Crippen LogP contribution in [-0.2, 0) is 4.57 Å². The monoisotopic (exact) mass is 315 g/mol. The lowest BCUT2D eigenvalue weighted by Crippen LogP contribution is -2.15. The minimum Gasteiger partial charge on any atom is -0.324 e. The second-order valence-corrected chi connectivity index (χ2v) is 7.38. The van der Waals surface area contributed by atoms with Gasteiger partial charge in [0, 0.05) is 6.54 Å². The zero-order valence-electron chi connectivity index (χ0n) is 13.7. The van der Waals surface area contributed by atoms with Crippen molar-refractivity contribution in [1.29, 1.82) is 0 Å². The molecule has 0 rings (SSSR count). The Kier molecular flexibility index (Phi) is 10.6. The van der Waals surface area contributed by atoms with E-state index in [-0.39, 0.29) is 6.29 Å². The molecule has 0 saturated heterocycles. The Labute approximate surface area is 129 Å². The van der Waals surface area contributed by atoms with Gasteiger partial charge in [0.1, 0.15) is 0 Å². The van der Waals surface area contributed by atoms with E-state index in [1.54, 1.807) is 0 Å². The molecule has 0 unspecified atom stereocenters. The normalized spacial score (nSPS) is 13.4. The molecular formula is C16H30NO3P. The van der Waals surface area contributed by atoms with Crippen molar-refractivity contribution in [3.63, 3.8) is 0 Å². The van der Waals surface area contributed by atoms with Crippen molar-refractivity contribution in [2.45, 2.75) is 53.4 Å². The third kappa shape index (κ3) is 15.5. The molecule has 0 fully saturated rings. The Bertz CT molecular complexity index is 429. The Morgan fingerprint density at radius 1 is 0.952 bits per heavy atom. The highest BCUT2D eigenvalue weighted by Gasteiger charge is 2.10. The maximum atomic E-state index is 10.7. The van der Waals surface area contributed by atoms with E-state index in [0.29, 0.717) is 6.54 Å². The van der Waals surface area contributed by atoms with Gasteiger partial charge in [-0.25, -0.2) is 0 Å².